The van der Waals surface area contributed by atoms with E-state index in [4.69, 9.17) is 23.2 Å². The van der Waals surface area contributed by atoms with Gasteiger partial charge in [-0.2, -0.15) is 0 Å². The maximum absolute atomic E-state index is 13.0. The normalized spacial score (nSPS) is 15.8. The number of rotatable bonds is 5. The van der Waals surface area contributed by atoms with Crippen LogP contribution in [0.15, 0.2) is 42.5 Å². The molecule has 0 saturated carbocycles. The predicted molar refractivity (Wildman–Crippen MR) is 115 cm³/mol. The van der Waals surface area contributed by atoms with E-state index in [1.54, 1.807) is 54.3 Å². The number of nitrogens with zero attached hydrogens (tertiary/aromatic N) is 1. The van der Waals surface area contributed by atoms with Crippen molar-refractivity contribution in [2.75, 3.05) is 17.2 Å². The SMILES string of the molecule is CCC(=O)Nc1cccc(C(=O)N2CCCC2C(=O)Nc2cc(Cl)cc(Cl)c2)c1. The van der Waals surface area contributed by atoms with Gasteiger partial charge in [-0.15, -0.1) is 0 Å². The summed E-state index contributed by atoms with van der Waals surface area (Å²) in [4.78, 5) is 39.0. The number of likely N-dealkylation sites (tertiary alicyclic amines) is 1. The zero-order valence-corrected chi connectivity index (χ0v) is 17.4. The molecule has 0 radical (unpaired) electrons. The summed E-state index contributed by atoms with van der Waals surface area (Å²) < 4.78 is 0. The second-order valence-corrected chi connectivity index (χ2v) is 7.66. The quantitative estimate of drug-likeness (QED) is 0.723. The molecule has 6 nitrogen and oxygen atoms in total. The molecule has 1 aliphatic rings. The molecule has 29 heavy (non-hydrogen) atoms. The molecule has 2 aromatic rings. The maximum Gasteiger partial charge on any atom is 0.254 e. The number of anilines is 2. The molecule has 1 saturated heterocycles. The van der Waals surface area contributed by atoms with Gasteiger partial charge in [0.2, 0.25) is 11.8 Å². The summed E-state index contributed by atoms with van der Waals surface area (Å²) in [6, 6.07) is 10.9. The molecule has 0 spiro atoms. The Balaban J connectivity index is 1.74. The first-order valence-electron chi connectivity index (χ1n) is 9.35. The molecular formula is C21H21Cl2N3O3. The number of amides is 3. The van der Waals surface area contributed by atoms with E-state index >= 15 is 0 Å². The largest absolute Gasteiger partial charge is 0.327 e. The van der Waals surface area contributed by atoms with Crippen molar-refractivity contribution in [1.29, 1.82) is 0 Å². The third-order valence-electron chi connectivity index (χ3n) is 4.66. The molecule has 8 heteroatoms. The zero-order chi connectivity index (χ0) is 21.0. The van der Waals surface area contributed by atoms with Crippen molar-refractivity contribution in [2.45, 2.75) is 32.2 Å². The van der Waals surface area contributed by atoms with Crippen molar-refractivity contribution in [2.24, 2.45) is 0 Å². The fourth-order valence-electron chi connectivity index (χ4n) is 3.28. The average Bonchev–Trinajstić information content (AvgIpc) is 3.16. The number of halogens is 2. The molecule has 3 amide bonds. The second kappa shape index (κ2) is 9.29. The minimum absolute atomic E-state index is 0.131. The first-order chi connectivity index (χ1) is 13.9. The summed E-state index contributed by atoms with van der Waals surface area (Å²) in [5.41, 5.74) is 1.46. The smallest absolute Gasteiger partial charge is 0.254 e. The summed E-state index contributed by atoms with van der Waals surface area (Å²) in [5, 5.41) is 6.36. The van der Waals surface area contributed by atoms with E-state index in [2.05, 4.69) is 10.6 Å². The lowest BCUT2D eigenvalue weighted by molar-refractivity contribution is -0.119. The van der Waals surface area contributed by atoms with E-state index in [-0.39, 0.29) is 17.7 Å². The molecule has 2 N–H and O–H groups in total. The molecule has 3 rings (SSSR count). The first-order valence-corrected chi connectivity index (χ1v) is 10.1. The van der Waals surface area contributed by atoms with Gasteiger partial charge in [0, 0.05) is 39.9 Å². The predicted octanol–water partition coefficient (Wildman–Crippen LogP) is 4.59. The van der Waals surface area contributed by atoms with Crippen LogP contribution in [0.25, 0.3) is 0 Å². The second-order valence-electron chi connectivity index (χ2n) is 6.79. The van der Waals surface area contributed by atoms with Crippen molar-refractivity contribution < 1.29 is 14.4 Å². The minimum Gasteiger partial charge on any atom is -0.327 e. The van der Waals surface area contributed by atoms with E-state index in [9.17, 15) is 14.4 Å². The van der Waals surface area contributed by atoms with Crippen LogP contribution in [-0.2, 0) is 9.59 Å². The van der Waals surface area contributed by atoms with Crippen molar-refractivity contribution in [3.63, 3.8) is 0 Å². The topological polar surface area (TPSA) is 78.5 Å². The van der Waals surface area contributed by atoms with Gasteiger partial charge in [-0.1, -0.05) is 36.2 Å². The Kier molecular flexibility index (Phi) is 6.77. The Labute approximate surface area is 179 Å². The fraction of sp³-hybridized carbons (Fsp3) is 0.286. The van der Waals surface area contributed by atoms with Crippen LogP contribution in [-0.4, -0.2) is 35.2 Å². The van der Waals surface area contributed by atoms with Gasteiger partial charge in [-0.3, -0.25) is 14.4 Å². The van der Waals surface area contributed by atoms with E-state index in [0.717, 1.165) is 6.42 Å². The number of nitrogens with one attached hydrogen (secondary N) is 2. The van der Waals surface area contributed by atoms with E-state index < -0.39 is 6.04 Å². The van der Waals surface area contributed by atoms with Gasteiger partial charge in [0.05, 0.1) is 0 Å². The van der Waals surface area contributed by atoms with Gasteiger partial charge >= 0.3 is 0 Å². The number of hydrogen-bond acceptors (Lipinski definition) is 3. The number of benzene rings is 2. The monoisotopic (exact) mass is 433 g/mol. The Hall–Kier alpha value is -2.57. The Morgan fingerprint density at radius 2 is 1.76 bits per heavy atom. The van der Waals surface area contributed by atoms with Crippen LogP contribution in [0.2, 0.25) is 10.0 Å². The van der Waals surface area contributed by atoms with E-state index in [1.807, 2.05) is 0 Å². The minimum atomic E-state index is -0.589. The van der Waals surface area contributed by atoms with Crippen LogP contribution in [0, 0.1) is 0 Å². The molecule has 1 fully saturated rings. The van der Waals surface area contributed by atoms with Crippen LogP contribution in [0.3, 0.4) is 0 Å². The highest BCUT2D eigenvalue weighted by Crippen LogP contribution is 2.26. The Morgan fingerprint density at radius 3 is 2.45 bits per heavy atom. The molecule has 1 heterocycles. The molecule has 1 atom stereocenters. The standard InChI is InChI=1S/C21H21Cl2N3O3/c1-2-19(27)24-16-6-3-5-13(9-16)21(29)26-8-4-7-18(26)20(28)25-17-11-14(22)10-15(23)12-17/h3,5-6,9-12,18H,2,4,7-8H2,1H3,(H,24,27)(H,25,28). The number of carbonyl (C=O) groups excluding carboxylic acids is 3. The lowest BCUT2D eigenvalue weighted by Crippen LogP contribution is -2.43. The third kappa shape index (κ3) is 5.28. The van der Waals surface area contributed by atoms with Crippen LogP contribution in [0.4, 0.5) is 11.4 Å². The molecule has 0 aliphatic carbocycles. The third-order valence-corrected chi connectivity index (χ3v) is 5.10. The van der Waals surface area contributed by atoms with Gasteiger partial charge < -0.3 is 15.5 Å². The summed E-state index contributed by atoms with van der Waals surface area (Å²) in [5.74, 6) is -0.669. The highest BCUT2D eigenvalue weighted by atomic mass is 35.5. The van der Waals surface area contributed by atoms with E-state index in [0.29, 0.717) is 46.4 Å². The van der Waals surface area contributed by atoms with Crippen molar-refractivity contribution in [3.8, 4) is 0 Å². The molecule has 0 bridgehead atoms. The summed E-state index contributed by atoms with van der Waals surface area (Å²) in [7, 11) is 0. The van der Waals surface area contributed by atoms with Crippen LogP contribution < -0.4 is 10.6 Å². The summed E-state index contributed by atoms with van der Waals surface area (Å²) in [6.07, 6.45) is 1.64. The van der Waals surface area contributed by atoms with Crippen LogP contribution >= 0.6 is 23.2 Å². The highest BCUT2D eigenvalue weighted by molar-refractivity contribution is 6.35. The molecular weight excluding hydrogens is 413 g/mol. The molecule has 1 aliphatic heterocycles. The zero-order valence-electron chi connectivity index (χ0n) is 15.9. The molecule has 1 unspecified atom stereocenters. The van der Waals surface area contributed by atoms with E-state index in [1.165, 1.54) is 0 Å². The average molecular weight is 434 g/mol. The molecule has 152 valence electrons. The van der Waals surface area contributed by atoms with Crippen molar-refractivity contribution in [3.05, 3.63) is 58.1 Å². The van der Waals surface area contributed by atoms with Gasteiger partial charge in [0.25, 0.3) is 5.91 Å². The van der Waals surface area contributed by atoms with Crippen molar-refractivity contribution in [1.82, 2.24) is 4.90 Å². The van der Waals surface area contributed by atoms with Crippen LogP contribution in [0.5, 0.6) is 0 Å². The molecule has 2 aromatic carbocycles. The van der Waals surface area contributed by atoms with Gasteiger partial charge in [0.15, 0.2) is 0 Å². The Morgan fingerprint density at radius 1 is 1.03 bits per heavy atom. The number of hydrogen-bond donors (Lipinski definition) is 2. The molecule has 0 aromatic heterocycles. The highest BCUT2D eigenvalue weighted by Gasteiger charge is 2.34. The van der Waals surface area contributed by atoms with Gasteiger partial charge in [-0.25, -0.2) is 0 Å². The summed E-state index contributed by atoms with van der Waals surface area (Å²) in [6.45, 7) is 2.24. The van der Waals surface area contributed by atoms with Crippen LogP contribution in [0.1, 0.15) is 36.5 Å². The first kappa shape index (κ1) is 21.1. The van der Waals surface area contributed by atoms with Gasteiger partial charge in [-0.05, 0) is 49.2 Å². The maximum atomic E-state index is 13.0. The lowest BCUT2D eigenvalue weighted by Gasteiger charge is -2.24. The lowest BCUT2D eigenvalue weighted by atomic mass is 10.1. The fourth-order valence-corrected chi connectivity index (χ4v) is 3.81. The summed E-state index contributed by atoms with van der Waals surface area (Å²) >= 11 is 12.0. The van der Waals surface area contributed by atoms with Gasteiger partial charge in [0.1, 0.15) is 6.04 Å². The van der Waals surface area contributed by atoms with Crippen molar-refractivity contribution >= 4 is 52.3 Å². The Bertz CT molecular complexity index is 928. The number of carbonyl (C=O) groups is 3.